The van der Waals surface area contributed by atoms with Gasteiger partial charge in [0.25, 0.3) is 5.91 Å². The van der Waals surface area contributed by atoms with Gasteiger partial charge >= 0.3 is 0 Å². The van der Waals surface area contributed by atoms with Gasteiger partial charge in [-0.15, -0.1) is 0 Å². The maximum Gasteiger partial charge on any atom is 0.255 e. The van der Waals surface area contributed by atoms with E-state index in [1.54, 1.807) is 31.4 Å². The van der Waals surface area contributed by atoms with Crippen LogP contribution >= 0.6 is 0 Å². The van der Waals surface area contributed by atoms with Gasteiger partial charge in [-0.3, -0.25) is 9.59 Å². The van der Waals surface area contributed by atoms with Crippen molar-refractivity contribution in [3.05, 3.63) is 95.6 Å². The van der Waals surface area contributed by atoms with Crippen LogP contribution in [-0.4, -0.2) is 18.9 Å². The number of ether oxygens (including phenoxy) is 1. The summed E-state index contributed by atoms with van der Waals surface area (Å²) in [6.07, 6.45) is 1.17. The molecular weight excluding hydrogens is 364 g/mol. The highest BCUT2D eigenvalue weighted by atomic mass is 16.5. The molecule has 0 aliphatic heterocycles. The zero-order valence-corrected chi connectivity index (χ0v) is 16.4. The molecule has 5 nitrogen and oxygen atoms in total. The van der Waals surface area contributed by atoms with E-state index >= 15 is 0 Å². The Hall–Kier alpha value is -3.60. The topological polar surface area (TPSA) is 67.4 Å². The molecule has 3 aromatic rings. The molecule has 0 atom stereocenters. The molecule has 5 heteroatoms. The number of rotatable bonds is 8. The molecule has 0 unspecified atom stereocenters. The number of amides is 2. The third-order valence-electron chi connectivity index (χ3n) is 4.52. The van der Waals surface area contributed by atoms with Gasteiger partial charge in [-0.25, -0.2) is 0 Å². The highest BCUT2D eigenvalue weighted by molar-refractivity contribution is 6.04. The number of aryl methyl sites for hydroxylation is 1. The molecule has 0 aliphatic rings. The van der Waals surface area contributed by atoms with Gasteiger partial charge in [0.1, 0.15) is 5.75 Å². The molecule has 0 bridgehead atoms. The Bertz CT molecular complexity index is 953. The Balaban J connectivity index is 1.47. The fraction of sp³-hybridized carbons (Fsp3) is 0.167. The molecule has 0 spiro atoms. The van der Waals surface area contributed by atoms with Crippen molar-refractivity contribution in [2.75, 3.05) is 12.4 Å². The predicted octanol–water partition coefficient (Wildman–Crippen LogP) is 4.20. The summed E-state index contributed by atoms with van der Waals surface area (Å²) in [7, 11) is 1.58. The van der Waals surface area contributed by atoms with E-state index in [1.807, 2.05) is 54.6 Å². The SMILES string of the molecule is COc1cccc(NC(=O)c2ccc(CNC(=O)CCc3ccccc3)cc2)c1. The van der Waals surface area contributed by atoms with E-state index in [4.69, 9.17) is 4.74 Å². The molecule has 0 aliphatic carbocycles. The fourth-order valence-electron chi connectivity index (χ4n) is 2.87. The lowest BCUT2D eigenvalue weighted by molar-refractivity contribution is -0.121. The van der Waals surface area contributed by atoms with Crippen LogP contribution < -0.4 is 15.4 Å². The number of methoxy groups -OCH3 is 1. The molecule has 0 radical (unpaired) electrons. The standard InChI is InChI=1S/C24H24N2O3/c1-29-22-9-5-8-21(16-22)26-24(28)20-13-10-19(11-14-20)17-25-23(27)15-12-18-6-3-2-4-7-18/h2-11,13-14,16H,12,15,17H2,1H3,(H,25,27)(H,26,28). The number of anilines is 1. The summed E-state index contributed by atoms with van der Waals surface area (Å²) in [5, 5.41) is 5.76. The molecule has 0 fully saturated rings. The summed E-state index contributed by atoms with van der Waals surface area (Å²) in [4.78, 5) is 24.4. The lowest BCUT2D eigenvalue weighted by Gasteiger charge is -2.09. The van der Waals surface area contributed by atoms with Crippen LogP contribution in [0, 0.1) is 0 Å². The predicted molar refractivity (Wildman–Crippen MR) is 114 cm³/mol. The van der Waals surface area contributed by atoms with Crippen molar-refractivity contribution in [1.29, 1.82) is 0 Å². The van der Waals surface area contributed by atoms with Gasteiger partial charge in [-0.2, -0.15) is 0 Å². The third-order valence-corrected chi connectivity index (χ3v) is 4.52. The number of hydrogen-bond acceptors (Lipinski definition) is 3. The Labute approximate surface area is 170 Å². The number of hydrogen-bond donors (Lipinski definition) is 2. The Kier molecular flexibility index (Phi) is 7.00. The second kappa shape index (κ2) is 10.1. The Morgan fingerprint density at radius 3 is 2.34 bits per heavy atom. The van der Waals surface area contributed by atoms with Gasteiger partial charge in [-0.05, 0) is 41.8 Å². The fourth-order valence-corrected chi connectivity index (χ4v) is 2.87. The zero-order chi connectivity index (χ0) is 20.5. The molecule has 0 aromatic heterocycles. The molecule has 29 heavy (non-hydrogen) atoms. The van der Waals surface area contributed by atoms with Crippen molar-refractivity contribution < 1.29 is 14.3 Å². The van der Waals surface area contributed by atoms with Crippen LogP contribution in [0.2, 0.25) is 0 Å². The highest BCUT2D eigenvalue weighted by Gasteiger charge is 2.07. The van der Waals surface area contributed by atoms with Crippen LogP contribution in [0.4, 0.5) is 5.69 Å². The van der Waals surface area contributed by atoms with Crippen molar-refractivity contribution >= 4 is 17.5 Å². The molecule has 0 heterocycles. The average Bonchev–Trinajstić information content (AvgIpc) is 2.77. The molecule has 3 aromatic carbocycles. The van der Waals surface area contributed by atoms with E-state index in [9.17, 15) is 9.59 Å². The van der Waals surface area contributed by atoms with Crippen LogP contribution in [0.3, 0.4) is 0 Å². The number of nitrogens with one attached hydrogen (secondary N) is 2. The largest absolute Gasteiger partial charge is 0.497 e. The van der Waals surface area contributed by atoms with E-state index in [-0.39, 0.29) is 11.8 Å². The first-order valence-corrected chi connectivity index (χ1v) is 9.49. The van der Waals surface area contributed by atoms with E-state index < -0.39 is 0 Å². The minimum absolute atomic E-state index is 0.00805. The lowest BCUT2D eigenvalue weighted by Crippen LogP contribution is -2.23. The summed E-state index contributed by atoms with van der Waals surface area (Å²) in [5.41, 5.74) is 3.31. The third kappa shape index (κ3) is 6.21. The van der Waals surface area contributed by atoms with E-state index in [0.717, 1.165) is 17.5 Å². The molecule has 2 amide bonds. The normalized spacial score (nSPS) is 10.2. The monoisotopic (exact) mass is 388 g/mol. The highest BCUT2D eigenvalue weighted by Crippen LogP contribution is 2.17. The van der Waals surface area contributed by atoms with Gasteiger partial charge in [-0.1, -0.05) is 48.5 Å². The van der Waals surface area contributed by atoms with Crippen LogP contribution in [0.15, 0.2) is 78.9 Å². The second-order valence-corrected chi connectivity index (χ2v) is 6.65. The molecule has 0 saturated carbocycles. The maximum absolute atomic E-state index is 12.4. The van der Waals surface area contributed by atoms with Crippen LogP contribution in [0.5, 0.6) is 5.75 Å². The second-order valence-electron chi connectivity index (χ2n) is 6.65. The molecular formula is C24H24N2O3. The van der Waals surface area contributed by atoms with Crippen LogP contribution in [0.25, 0.3) is 0 Å². The number of carbonyl (C=O) groups excluding carboxylic acids is 2. The maximum atomic E-state index is 12.4. The van der Waals surface area contributed by atoms with Crippen molar-refractivity contribution in [2.45, 2.75) is 19.4 Å². The minimum Gasteiger partial charge on any atom is -0.497 e. The van der Waals surface area contributed by atoms with Crippen LogP contribution in [0.1, 0.15) is 27.9 Å². The molecule has 0 saturated heterocycles. The minimum atomic E-state index is -0.198. The summed E-state index contributed by atoms with van der Waals surface area (Å²) < 4.78 is 5.16. The Morgan fingerprint density at radius 1 is 0.862 bits per heavy atom. The summed E-state index contributed by atoms with van der Waals surface area (Å²) >= 11 is 0. The van der Waals surface area contributed by atoms with Crippen molar-refractivity contribution in [2.24, 2.45) is 0 Å². The molecule has 148 valence electrons. The van der Waals surface area contributed by atoms with Crippen molar-refractivity contribution in [3.8, 4) is 5.75 Å². The van der Waals surface area contributed by atoms with E-state index in [1.165, 1.54) is 0 Å². The van der Waals surface area contributed by atoms with Crippen molar-refractivity contribution in [1.82, 2.24) is 5.32 Å². The van der Waals surface area contributed by atoms with E-state index in [2.05, 4.69) is 10.6 Å². The summed E-state index contributed by atoms with van der Waals surface area (Å²) in [5.74, 6) is 0.492. The molecule has 3 rings (SSSR count). The van der Waals surface area contributed by atoms with Gasteiger partial charge in [0.15, 0.2) is 0 Å². The van der Waals surface area contributed by atoms with Gasteiger partial charge < -0.3 is 15.4 Å². The Morgan fingerprint density at radius 2 is 1.62 bits per heavy atom. The number of carbonyl (C=O) groups is 2. The summed E-state index contributed by atoms with van der Waals surface area (Å²) in [6.45, 7) is 0.436. The van der Waals surface area contributed by atoms with Crippen molar-refractivity contribution in [3.63, 3.8) is 0 Å². The van der Waals surface area contributed by atoms with Crippen LogP contribution in [-0.2, 0) is 17.8 Å². The summed E-state index contributed by atoms with van der Waals surface area (Å²) in [6, 6.07) is 24.3. The number of benzene rings is 3. The lowest BCUT2D eigenvalue weighted by atomic mass is 10.1. The first-order valence-electron chi connectivity index (χ1n) is 9.49. The first kappa shape index (κ1) is 20.1. The quantitative estimate of drug-likeness (QED) is 0.608. The zero-order valence-electron chi connectivity index (χ0n) is 16.4. The molecule has 2 N–H and O–H groups in total. The van der Waals surface area contributed by atoms with E-state index in [0.29, 0.717) is 30.0 Å². The van der Waals surface area contributed by atoms with Gasteiger partial charge in [0.2, 0.25) is 5.91 Å². The first-order chi connectivity index (χ1) is 14.1. The average molecular weight is 388 g/mol. The van der Waals surface area contributed by atoms with Gasteiger partial charge in [0.05, 0.1) is 7.11 Å². The smallest absolute Gasteiger partial charge is 0.255 e. The van der Waals surface area contributed by atoms with Gasteiger partial charge in [0, 0.05) is 30.3 Å².